The third-order valence-corrected chi connectivity index (χ3v) is 4.24. The highest BCUT2D eigenvalue weighted by atomic mass is 16.5. The average molecular weight is 349 g/mol. The van der Waals surface area contributed by atoms with Gasteiger partial charge in [-0.25, -0.2) is 0 Å². The summed E-state index contributed by atoms with van der Waals surface area (Å²) in [7, 11) is 1.64. The van der Waals surface area contributed by atoms with Crippen molar-refractivity contribution in [1.82, 2.24) is 15.1 Å². The number of carbonyl (C=O) groups is 1. The van der Waals surface area contributed by atoms with Crippen molar-refractivity contribution in [2.75, 3.05) is 7.11 Å². The topological polar surface area (TPSA) is 56.1 Å². The molecular formula is C21H23N3O2. The molecule has 0 radical (unpaired) electrons. The van der Waals surface area contributed by atoms with Gasteiger partial charge in [0, 0.05) is 25.4 Å². The van der Waals surface area contributed by atoms with Gasteiger partial charge in [-0.05, 0) is 35.7 Å². The third kappa shape index (κ3) is 4.72. The van der Waals surface area contributed by atoms with Gasteiger partial charge in [0.2, 0.25) is 5.91 Å². The summed E-state index contributed by atoms with van der Waals surface area (Å²) >= 11 is 0. The molecule has 1 amide bonds. The fourth-order valence-corrected chi connectivity index (χ4v) is 2.87. The van der Waals surface area contributed by atoms with Crippen LogP contribution in [0.25, 0.3) is 0 Å². The predicted molar refractivity (Wildman–Crippen MR) is 101 cm³/mol. The molecule has 1 heterocycles. The summed E-state index contributed by atoms with van der Waals surface area (Å²) in [5.74, 6) is 0.827. The molecule has 26 heavy (non-hydrogen) atoms. The second-order valence-electron chi connectivity index (χ2n) is 6.06. The number of ether oxygens (including phenoxy) is 1. The van der Waals surface area contributed by atoms with E-state index in [1.54, 1.807) is 13.3 Å². The van der Waals surface area contributed by atoms with E-state index in [9.17, 15) is 4.79 Å². The summed E-state index contributed by atoms with van der Waals surface area (Å²) in [4.78, 5) is 12.5. The van der Waals surface area contributed by atoms with Crippen LogP contribution in [-0.2, 0) is 11.3 Å². The standard InChI is InChI=1S/C21H23N3O2/c1-26-19-12-10-18(11-13-19)21(17-7-3-2-4-8-17)23-20(25)9-5-15-24-16-6-14-22-24/h2-4,6-8,10-14,16,21H,5,9,15H2,1H3,(H,23,25)/t21-/m0/s1. The molecule has 0 aliphatic heterocycles. The number of carbonyl (C=O) groups excluding carboxylic acids is 1. The predicted octanol–water partition coefficient (Wildman–Crippen LogP) is 3.58. The first-order chi connectivity index (χ1) is 12.8. The van der Waals surface area contributed by atoms with Crippen LogP contribution < -0.4 is 10.1 Å². The number of amides is 1. The van der Waals surface area contributed by atoms with Crippen LogP contribution in [0, 0.1) is 0 Å². The number of methoxy groups -OCH3 is 1. The molecular weight excluding hydrogens is 326 g/mol. The van der Waals surface area contributed by atoms with Crippen molar-refractivity contribution in [3.05, 3.63) is 84.2 Å². The lowest BCUT2D eigenvalue weighted by molar-refractivity contribution is -0.121. The molecule has 0 unspecified atom stereocenters. The SMILES string of the molecule is COc1ccc([C@@H](NC(=O)CCCn2cccn2)c2ccccc2)cc1. The summed E-state index contributed by atoms with van der Waals surface area (Å²) in [6.45, 7) is 0.735. The molecule has 2 aromatic carbocycles. The molecule has 0 aliphatic carbocycles. The fourth-order valence-electron chi connectivity index (χ4n) is 2.87. The maximum atomic E-state index is 12.5. The van der Waals surface area contributed by atoms with E-state index in [2.05, 4.69) is 10.4 Å². The van der Waals surface area contributed by atoms with Crippen LogP contribution in [0.5, 0.6) is 5.75 Å². The van der Waals surface area contributed by atoms with Crippen LogP contribution in [0.4, 0.5) is 0 Å². The van der Waals surface area contributed by atoms with E-state index in [-0.39, 0.29) is 11.9 Å². The average Bonchev–Trinajstić information content (AvgIpc) is 3.20. The number of nitrogens with one attached hydrogen (secondary N) is 1. The molecule has 0 bridgehead atoms. The van der Waals surface area contributed by atoms with E-state index in [0.29, 0.717) is 6.42 Å². The van der Waals surface area contributed by atoms with Crippen LogP contribution in [0.3, 0.4) is 0 Å². The zero-order valence-electron chi connectivity index (χ0n) is 14.8. The van der Waals surface area contributed by atoms with Crippen LogP contribution >= 0.6 is 0 Å². The van der Waals surface area contributed by atoms with Crippen molar-refractivity contribution < 1.29 is 9.53 Å². The lowest BCUT2D eigenvalue weighted by Crippen LogP contribution is -2.29. The Bertz CT molecular complexity index is 799. The van der Waals surface area contributed by atoms with Crippen LogP contribution in [-0.4, -0.2) is 22.8 Å². The number of aromatic nitrogens is 2. The Hall–Kier alpha value is -3.08. The second kappa shape index (κ2) is 8.85. The zero-order valence-corrected chi connectivity index (χ0v) is 14.8. The maximum Gasteiger partial charge on any atom is 0.220 e. The number of nitrogens with zero attached hydrogens (tertiary/aromatic N) is 2. The zero-order chi connectivity index (χ0) is 18.2. The molecule has 0 saturated heterocycles. The van der Waals surface area contributed by atoms with Crippen molar-refractivity contribution in [3.63, 3.8) is 0 Å². The van der Waals surface area contributed by atoms with Gasteiger partial charge >= 0.3 is 0 Å². The number of aryl methyl sites for hydroxylation is 1. The van der Waals surface area contributed by atoms with Crippen LogP contribution in [0.1, 0.15) is 30.0 Å². The molecule has 5 heteroatoms. The molecule has 5 nitrogen and oxygen atoms in total. The summed E-state index contributed by atoms with van der Waals surface area (Å²) < 4.78 is 7.07. The Morgan fingerprint density at radius 2 is 1.81 bits per heavy atom. The maximum absolute atomic E-state index is 12.5. The number of rotatable bonds is 8. The molecule has 1 aromatic heterocycles. The Kier molecular flexibility index (Phi) is 6.04. The van der Waals surface area contributed by atoms with E-state index >= 15 is 0 Å². The van der Waals surface area contributed by atoms with Gasteiger partial charge in [-0.3, -0.25) is 9.48 Å². The van der Waals surface area contributed by atoms with Gasteiger partial charge in [-0.15, -0.1) is 0 Å². The quantitative estimate of drug-likeness (QED) is 0.676. The van der Waals surface area contributed by atoms with Gasteiger partial charge in [0.25, 0.3) is 0 Å². The van der Waals surface area contributed by atoms with Crippen molar-refractivity contribution in [1.29, 1.82) is 0 Å². The molecule has 1 atom stereocenters. The largest absolute Gasteiger partial charge is 0.497 e. The van der Waals surface area contributed by atoms with Gasteiger partial charge in [-0.1, -0.05) is 42.5 Å². The van der Waals surface area contributed by atoms with Gasteiger partial charge in [0.05, 0.1) is 13.2 Å². The van der Waals surface area contributed by atoms with Gasteiger partial charge in [0.1, 0.15) is 5.75 Å². The monoisotopic (exact) mass is 349 g/mol. The molecule has 0 spiro atoms. The van der Waals surface area contributed by atoms with E-state index in [1.807, 2.05) is 71.5 Å². The Balaban J connectivity index is 1.67. The number of hydrogen-bond acceptors (Lipinski definition) is 3. The molecule has 3 rings (SSSR count). The van der Waals surface area contributed by atoms with E-state index in [4.69, 9.17) is 4.74 Å². The fraction of sp³-hybridized carbons (Fsp3) is 0.238. The van der Waals surface area contributed by atoms with Crippen molar-refractivity contribution in [2.24, 2.45) is 0 Å². The summed E-state index contributed by atoms with van der Waals surface area (Å²) in [6, 6.07) is 19.5. The highest BCUT2D eigenvalue weighted by molar-refractivity contribution is 5.77. The summed E-state index contributed by atoms with van der Waals surface area (Å²) in [6.07, 6.45) is 4.86. The normalized spacial score (nSPS) is 11.7. The molecule has 1 N–H and O–H groups in total. The van der Waals surface area contributed by atoms with E-state index < -0.39 is 0 Å². The Morgan fingerprint density at radius 3 is 2.46 bits per heavy atom. The minimum absolute atomic E-state index is 0.0295. The first kappa shape index (κ1) is 17.7. The number of hydrogen-bond donors (Lipinski definition) is 1. The van der Waals surface area contributed by atoms with Crippen molar-refractivity contribution >= 4 is 5.91 Å². The molecule has 0 aliphatic rings. The summed E-state index contributed by atoms with van der Waals surface area (Å²) in [5.41, 5.74) is 2.08. The van der Waals surface area contributed by atoms with Crippen molar-refractivity contribution in [3.8, 4) is 5.75 Å². The molecule has 0 saturated carbocycles. The van der Waals surface area contributed by atoms with Crippen LogP contribution in [0.15, 0.2) is 73.1 Å². The lowest BCUT2D eigenvalue weighted by Gasteiger charge is -2.20. The smallest absolute Gasteiger partial charge is 0.220 e. The van der Waals surface area contributed by atoms with E-state index in [0.717, 1.165) is 29.8 Å². The first-order valence-electron chi connectivity index (χ1n) is 8.72. The van der Waals surface area contributed by atoms with Gasteiger partial charge < -0.3 is 10.1 Å². The van der Waals surface area contributed by atoms with Crippen LogP contribution in [0.2, 0.25) is 0 Å². The molecule has 3 aromatic rings. The second-order valence-corrected chi connectivity index (χ2v) is 6.06. The minimum atomic E-state index is -0.181. The van der Waals surface area contributed by atoms with Gasteiger partial charge in [0.15, 0.2) is 0 Å². The highest BCUT2D eigenvalue weighted by Crippen LogP contribution is 2.24. The summed E-state index contributed by atoms with van der Waals surface area (Å²) in [5, 5.41) is 7.32. The first-order valence-corrected chi connectivity index (χ1v) is 8.72. The van der Waals surface area contributed by atoms with E-state index in [1.165, 1.54) is 0 Å². The lowest BCUT2D eigenvalue weighted by atomic mass is 9.98. The molecule has 0 fully saturated rings. The van der Waals surface area contributed by atoms with Gasteiger partial charge in [-0.2, -0.15) is 5.10 Å². The third-order valence-electron chi connectivity index (χ3n) is 4.24. The Morgan fingerprint density at radius 1 is 1.08 bits per heavy atom. The number of benzene rings is 2. The Labute approximate surface area is 153 Å². The van der Waals surface area contributed by atoms with Crippen molar-refractivity contribution in [2.45, 2.75) is 25.4 Å². The molecule has 134 valence electrons. The highest BCUT2D eigenvalue weighted by Gasteiger charge is 2.16. The minimum Gasteiger partial charge on any atom is -0.497 e.